The number of esters is 1. The summed E-state index contributed by atoms with van der Waals surface area (Å²) < 4.78 is 5.65. The van der Waals surface area contributed by atoms with Gasteiger partial charge in [-0.15, -0.1) is 23.1 Å². The fourth-order valence-electron chi connectivity index (χ4n) is 3.35. The van der Waals surface area contributed by atoms with E-state index in [4.69, 9.17) is 4.74 Å². The lowest BCUT2D eigenvalue weighted by atomic mass is 10.0. The van der Waals surface area contributed by atoms with Gasteiger partial charge in [-0.2, -0.15) is 0 Å². The van der Waals surface area contributed by atoms with Gasteiger partial charge >= 0.3 is 5.97 Å². The molecule has 0 saturated carbocycles. The van der Waals surface area contributed by atoms with Crippen molar-refractivity contribution in [1.82, 2.24) is 20.9 Å². The topological polar surface area (TPSA) is 139 Å². The Labute approximate surface area is 212 Å². The van der Waals surface area contributed by atoms with Gasteiger partial charge in [0.05, 0.1) is 13.0 Å². The van der Waals surface area contributed by atoms with Gasteiger partial charge in [-0.25, -0.2) is 9.78 Å². The molecule has 1 aromatic heterocycles. The van der Waals surface area contributed by atoms with Crippen LogP contribution in [0.1, 0.15) is 51.2 Å². The quantitative estimate of drug-likeness (QED) is 0.395. The van der Waals surface area contributed by atoms with Crippen molar-refractivity contribution in [3.63, 3.8) is 0 Å². The number of aliphatic imine (C=N–C) groups is 1. The molecule has 4 bridgehead atoms. The maximum atomic E-state index is 13.2. The summed E-state index contributed by atoms with van der Waals surface area (Å²) in [6.45, 7) is 7.56. The zero-order chi connectivity index (χ0) is 25.6. The molecule has 0 spiro atoms. The van der Waals surface area contributed by atoms with Crippen LogP contribution in [0.2, 0.25) is 0 Å². The SMILES string of the molecule is CCC(=O)NC/C=C/[C@@H]1CC(=O)NCc2nc(cs2)C2=N[C@@](C)(CS2)C(=O)NC(C(C)C)C(=O)O1. The lowest BCUT2D eigenvalue weighted by Gasteiger charge is -2.27. The van der Waals surface area contributed by atoms with E-state index in [1.165, 1.54) is 23.1 Å². The molecule has 35 heavy (non-hydrogen) atoms. The average Bonchev–Trinajstić information content (AvgIpc) is 3.45. The number of thioether (sulfide) groups is 1. The van der Waals surface area contributed by atoms with Crippen LogP contribution in [-0.2, 0) is 30.5 Å². The summed E-state index contributed by atoms with van der Waals surface area (Å²) in [6.07, 6.45) is 2.58. The van der Waals surface area contributed by atoms with Gasteiger partial charge < -0.3 is 20.7 Å². The lowest BCUT2D eigenvalue weighted by Crippen LogP contribution is -2.53. The summed E-state index contributed by atoms with van der Waals surface area (Å²) in [6, 6.07) is -0.916. The fourth-order valence-corrected chi connectivity index (χ4v) is 5.27. The summed E-state index contributed by atoms with van der Waals surface area (Å²) in [5, 5.41) is 11.5. The molecule has 3 amide bonds. The number of cyclic esters (lactones) is 1. The lowest BCUT2D eigenvalue weighted by molar-refractivity contribution is -0.153. The molecule has 2 aliphatic rings. The number of carbonyl (C=O) groups is 4. The van der Waals surface area contributed by atoms with Gasteiger partial charge in [-0.3, -0.25) is 19.4 Å². The van der Waals surface area contributed by atoms with Crippen LogP contribution < -0.4 is 16.0 Å². The Bertz CT molecular complexity index is 1040. The number of thiazole rings is 1. The molecule has 12 heteroatoms. The summed E-state index contributed by atoms with van der Waals surface area (Å²) >= 11 is 2.83. The first kappa shape index (κ1) is 26.9. The van der Waals surface area contributed by atoms with Crippen molar-refractivity contribution in [1.29, 1.82) is 0 Å². The standard InChI is InChI=1S/C23H31N5O5S2/c1-5-16(29)24-8-6-7-14-9-17(30)25-10-18-26-15(11-34-18)20-28-23(4,12-35-20)22(32)27-19(13(2)3)21(31)33-14/h6-7,11,13-14,19H,5,8-10,12H2,1-4H3,(H,24,29)(H,25,30)(H,27,32)/b7-6+/t14-,19?,23+/m1/s1. The third kappa shape index (κ3) is 7.14. The molecule has 3 heterocycles. The number of nitrogens with zero attached hydrogens (tertiary/aromatic N) is 2. The number of carbonyl (C=O) groups excluding carboxylic acids is 4. The predicted octanol–water partition coefficient (Wildman–Crippen LogP) is 1.55. The molecule has 3 rings (SSSR count). The number of rotatable bonds is 5. The summed E-state index contributed by atoms with van der Waals surface area (Å²) in [4.78, 5) is 59.5. The Morgan fingerprint density at radius 1 is 1.37 bits per heavy atom. The molecule has 2 aliphatic heterocycles. The van der Waals surface area contributed by atoms with Crippen molar-refractivity contribution in [2.45, 2.75) is 64.8 Å². The van der Waals surface area contributed by atoms with Crippen LogP contribution in [0.3, 0.4) is 0 Å². The highest BCUT2D eigenvalue weighted by molar-refractivity contribution is 8.14. The van der Waals surface area contributed by atoms with Gasteiger partial charge in [-0.05, 0) is 18.9 Å². The zero-order valence-corrected chi connectivity index (χ0v) is 21.9. The fraction of sp³-hybridized carbons (Fsp3) is 0.565. The van der Waals surface area contributed by atoms with Crippen molar-refractivity contribution in [3.8, 4) is 0 Å². The van der Waals surface area contributed by atoms with E-state index in [-0.39, 0.29) is 43.1 Å². The highest BCUT2D eigenvalue weighted by Gasteiger charge is 2.41. The molecule has 3 atom stereocenters. The Morgan fingerprint density at radius 3 is 2.86 bits per heavy atom. The molecule has 0 aliphatic carbocycles. The van der Waals surface area contributed by atoms with Crippen molar-refractivity contribution < 1.29 is 23.9 Å². The number of ether oxygens (including phenoxy) is 1. The van der Waals surface area contributed by atoms with Crippen molar-refractivity contribution in [2.75, 3.05) is 12.3 Å². The van der Waals surface area contributed by atoms with E-state index in [9.17, 15) is 19.2 Å². The van der Waals surface area contributed by atoms with Crippen molar-refractivity contribution in [3.05, 3.63) is 28.2 Å². The maximum Gasteiger partial charge on any atom is 0.329 e. The Hall–Kier alpha value is -2.73. The van der Waals surface area contributed by atoms with Crippen LogP contribution in [-0.4, -0.2) is 63.7 Å². The molecule has 0 aromatic carbocycles. The number of amides is 3. The van der Waals surface area contributed by atoms with E-state index in [0.29, 0.717) is 27.9 Å². The highest BCUT2D eigenvalue weighted by Crippen LogP contribution is 2.32. The molecule has 10 nitrogen and oxygen atoms in total. The number of hydrogen-bond acceptors (Lipinski definition) is 9. The predicted molar refractivity (Wildman–Crippen MR) is 135 cm³/mol. The van der Waals surface area contributed by atoms with Crippen LogP contribution in [0.4, 0.5) is 0 Å². The minimum Gasteiger partial charge on any atom is -0.456 e. The minimum absolute atomic E-state index is 0.110. The van der Waals surface area contributed by atoms with Crippen LogP contribution in [0, 0.1) is 5.92 Å². The Kier molecular flexibility index (Phi) is 9.06. The van der Waals surface area contributed by atoms with Gasteiger partial charge in [0.2, 0.25) is 17.7 Å². The number of aromatic nitrogens is 1. The number of fused-ring (bicyclic) bond motifs is 4. The monoisotopic (exact) mass is 521 g/mol. The molecular weight excluding hydrogens is 490 g/mol. The second-order valence-electron chi connectivity index (χ2n) is 8.84. The summed E-state index contributed by atoms with van der Waals surface area (Å²) in [5.74, 6) is -1.27. The molecule has 0 fully saturated rings. The summed E-state index contributed by atoms with van der Waals surface area (Å²) in [7, 11) is 0. The highest BCUT2D eigenvalue weighted by atomic mass is 32.2. The zero-order valence-electron chi connectivity index (χ0n) is 20.3. The molecule has 190 valence electrons. The van der Waals surface area contributed by atoms with E-state index in [1.54, 1.807) is 39.8 Å². The smallest absolute Gasteiger partial charge is 0.329 e. The summed E-state index contributed by atoms with van der Waals surface area (Å²) in [5.41, 5.74) is -0.373. The van der Waals surface area contributed by atoms with Crippen LogP contribution >= 0.6 is 23.1 Å². The van der Waals surface area contributed by atoms with Crippen molar-refractivity contribution in [2.24, 2.45) is 10.9 Å². The Balaban J connectivity index is 1.86. The van der Waals surface area contributed by atoms with Crippen molar-refractivity contribution >= 4 is 51.8 Å². The molecule has 0 radical (unpaired) electrons. The van der Waals surface area contributed by atoms with E-state index >= 15 is 0 Å². The molecular formula is C23H31N5O5S2. The second kappa shape index (κ2) is 11.8. The van der Waals surface area contributed by atoms with Crippen LogP contribution in [0.25, 0.3) is 0 Å². The number of hydrogen-bond donors (Lipinski definition) is 3. The third-order valence-electron chi connectivity index (χ3n) is 5.49. The van der Waals surface area contributed by atoms with E-state index < -0.39 is 23.7 Å². The largest absolute Gasteiger partial charge is 0.456 e. The Morgan fingerprint density at radius 2 is 2.14 bits per heavy atom. The third-order valence-corrected chi connectivity index (χ3v) is 7.61. The first-order valence-electron chi connectivity index (χ1n) is 11.5. The van der Waals surface area contributed by atoms with Gasteiger partial charge in [-0.1, -0.05) is 26.8 Å². The van der Waals surface area contributed by atoms with E-state index in [1.807, 2.05) is 5.38 Å². The average molecular weight is 522 g/mol. The first-order valence-corrected chi connectivity index (χ1v) is 13.4. The van der Waals surface area contributed by atoms with Crippen LogP contribution in [0.15, 0.2) is 22.5 Å². The minimum atomic E-state index is -1.04. The normalized spacial score (nSPS) is 25.7. The van der Waals surface area contributed by atoms with Gasteiger partial charge in [0.25, 0.3) is 0 Å². The second-order valence-corrected chi connectivity index (χ2v) is 10.7. The maximum absolute atomic E-state index is 13.2. The van der Waals surface area contributed by atoms with Crippen LogP contribution in [0.5, 0.6) is 0 Å². The molecule has 1 aromatic rings. The van der Waals surface area contributed by atoms with Gasteiger partial charge in [0.1, 0.15) is 33.4 Å². The molecule has 1 unspecified atom stereocenters. The van der Waals surface area contributed by atoms with Gasteiger partial charge in [0.15, 0.2) is 0 Å². The van der Waals surface area contributed by atoms with Gasteiger partial charge in [0, 0.05) is 24.1 Å². The molecule has 3 N–H and O–H groups in total. The van der Waals surface area contributed by atoms with E-state index in [0.717, 1.165) is 0 Å². The first-order chi connectivity index (χ1) is 16.6. The van der Waals surface area contributed by atoms with E-state index in [2.05, 4.69) is 25.9 Å². The molecule has 0 saturated heterocycles. The number of nitrogens with one attached hydrogen (secondary N) is 3.